The fourth-order valence-corrected chi connectivity index (χ4v) is 1.17. The highest BCUT2D eigenvalue weighted by atomic mass is 31.1. The van der Waals surface area contributed by atoms with Crippen LogP contribution in [0.2, 0.25) is 0 Å². The van der Waals surface area contributed by atoms with Gasteiger partial charge in [0.1, 0.15) is 0 Å². The van der Waals surface area contributed by atoms with Gasteiger partial charge >= 0.3 is 8.03 Å². The van der Waals surface area contributed by atoms with Gasteiger partial charge in [0.25, 0.3) is 0 Å². The van der Waals surface area contributed by atoms with Gasteiger partial charge in [-0.25, -0.2) is 0 Å². The molecule has 0 bridgehead atoms. The second-order valence-electron chi connectivity index (χ2n) is 2.00. The number of amides is 1. The van der Waals surface area contributed by atoms with Gasteiger partial charge in [-0.05, 0) is 0 Å². The summed E-state index contributed by atoms with van der Waals surface area (Å²) in [7, 11) is -2.53. The van der Waals surface area contributed by atoms with E-state index >= 15 is 0 Å². The van der Waals surface area contributed by atoms with Crippen LogP contribution in [0.3, 0.4) is 0 Å². The molecule has 0 aromatic rings. The molecule has 0 saturated carbocycles. The molecule has 0 rings (SSSR count). The lowest BCUT2D eigenvalue weighted by Crippen LogP contribution is -2.29. The number of rotatable bonds is 4. The molecule has 0 radical (unpaired) electrons. The number of carbonyl (C=O) groups excluding carboxylic acids is 1. The zero-order valence-electron chi connectivity index (χ0n) is 6.32. The summed E-state index contributed by atoms with van der Waals surface area (Å²) in [4.78, 5) is 22.1. The molecule has 4 nitrogen and oxygen atoms in total. The Morgan fingerprint density at radius 1 is 1.82 bits per heavy atom. The third-order valence-corrected chi connectivity index (χ3v) is 1.65. The van der Waals surface area contributed by atoms with Crippen LogP contribution < -0.4 is 4.89 Å². The molecule has 0 saturated heterocycles. The Balaban J connectivity index is 3.99. The van der Waals surface area contributed by atoms with E-state index in [-0.39, 0.29) is 18.7 Å². The normalized spacial score (nSPS) is 10.5. The largest absolute Gasteiger partial charge is 0.594 e. The van der Waals surface area contributed by atoms with Crippen molar-refractivity contribution >= 4 is 13.9 Å². The van der Waals surface area contributed by atoms with Gasteiger partial charge in [0.15, 0.2) is 0 Å². The van der Waals surface area contributed by atoms with Crippen LogP contribution in [-0.2, 0) is 9.36 Å². The van der Waals surface area contributed by atoms with Gasteiger partial charge in [-0.1, -0.05) is 10.6 Å². The van der Waals surface area contributed by atoms with Gasteiger partial charge in [0.05, 0.1) is 0 Å². The molecule has 0 aliphatic rings. The van der Waals surface area contributed by atoms with Crippen molar-refractivity contribution in [3.63, 3.8) is 0 Å². The smallest absolute Gasteiger partial charge is 0.330 e. The summed E-state index contributed by atoms with van der Waals surface area (Å²) in [5, 5.41) is 0. The van der Waals surface area contributed by atoms with Crippen molar-refractivity contribution in [1.29, 1.82) is 0 Å². The van der Waals surface area contributed by atoms with E-state index in [4.69, 9.17) is 0 Å². The Hall–Kier alpha value is -0.730. The lowest BCUT2D eigenvalue weighted by Gasteiger charge is -2.12. The first-order valence-electron chi connectivity index (χ1n) is 3.06. The van der Waals surface area contributed by atoms with E-state index in [1.165, 1.54) is 17.9 Å². The van der Waals surface area contributed by atoms with Crippen LogP contribution >= 0.6 is 8.03 Å². The van der Waals surface area contributed by atoms with Crippen molar-refractivity contribution in [1.82, 2.24) is 4.90 Å². The third kappa shape index (κ3) is 4.65. The quantitative estimate of drug-likeness (QED) is 0.449. The Morgan fingerprint density at radius 2 is 2.36 bits per heavy atom. The highest BCUT2D eigenvalue weighted by Gasteiger charge is 2.12. The second-order valence-corrected chi connectivity index (χ2v) is 2.95. The molecule has 1 atom stereocenters. The molecule has 5 heteroatoms. The van der Waals surface area contributed by atoms with E-state index in [1.54, 1.807) is 0 Å². The molecule has 0 aliphatic heterocycles. The molecular formula is C6H10NO3P. The van der Waals surface area contributed by atoms with Crippen LogP contribution in [0.25, 0.3) is 0 Å². The summed E-state index contributed by atoms with van der Waals surface area (Å²) in [6.45, 7) is 5.00. The molecule has 0 aromatic carbocycles. The molecule has 0 aromatic heterocycles. The maximum absolute atomic E-state index is 10.7. The van der Waals surface area contributed by atoms with Gasteiger partial charge < -0.3 is 4.89 Å². The number of carbonyl (C=O) groups is 1. The summed E-state index contributed by atoms with van der Waals surface area (Å²) in [6.07, 6.45) is 1.26. The lowest BCUT2D eigenvalue weighted by atomic mass is 10.5. The Kier molecular flexibility index (Phi) is 4.66. The summed E-state index contributed by atoms with van der Waals surface area (Å²) in [6, 6.07) is 0. The average Bonchev–Trinajstić information content (AvgIpc) is 1.86. The first-order chi connectivity index (χ1) is 5.07. The predicted octanol–water partition coefficient (Wildman–Crippen LogP) is 0.0811. The summed E-state index contributed by atoms with van der Waals surface area (Å²) >= 11 is 0. The summed E-state index contributed by atoms with van der Waals surface area (Å²) in [5.74, 6) is -0.260. The predicted molar refractivity (Wildman–Crippen MR) is 40.1 cm³/mol. The highest BCUT2D eigenvalue weighted by Crippen LogP contribution is 2.09. The first kappa shape index (κ1) is 10.3. The minimum Gasteiger partial charge on any atom is -0.594 e. The monoisotopic (exact) mass is 175 g/mol. The van der Waals surface area contributed by atoms with E-state index in [1.807, 2.05) is 0 Å². The van der Waals surface area contributed by atoms with Gasteiger partial charge in [0, 0.05) is 13.5 Å². The van der Waals surface area contributed by atoms with E-state index in [2.05, 4.69) is 6.58 Å². The van der Waals surface area contributed by atoms with Crippen molar-refractivity contribution in [3.05, 3.63) is 12.7 Å². The highest BCUT2D eigenvalue weighted by molar-refractivity contribution is 7.36. The van der Waals surface area contributed by atoms with Crippen LogP contribution in [-0.4, -0.2) is 23.6 Å². The van der Waals surface area contributed by atoms with Gasteiger partial charge in [-0.15, -0.1) is 6.58 Å². The molecule has 0 fully saturated rings. The van der Waals surface area contributed by atoms with Crippen LogP contribution in [0.4, 0.5) is 0 Å². The maximum Gasteiger partial charge on any atom is 0.330 e. The van der Waals surface area contributed by atoms with Crippen LogP contribution in [0.15, 0.2) is 12.7 Å². The Bertz CT molecular complexity index is 181. The molecule has 0 heterocycles. The number of hydrogen-bond acceptors (Lipinski definition) is 3. The lowest BCUT2D eigenvalue weighted by molar-refractivity contribution is -0.167. The van der Waals surface area contributed by atoms with Crippen molar-refractivity contribution in [2.45, 2.75) is 6.92 Å². The molecule has 1 amide bonds. The molecule has 0 aliphatic carbocycles. The SMILES string of the molecule is C=CCN(C[P+](=O)[O-])C(C)=O. The van der Waals surface area contributed by atoms with Crippen LogP contribution in [0.1, 0.15) is 6.92 Å². The molecular weight excluding hydrogens is 165 g/mol. The summed E-state index contributed by atoms with van der Waals surface area (Å²) < 4.78 is 10.2. The Labute approximate surface area is 66.4 Å². The zero-order chi connectivity index (χ0) is 8.85. The topological polar surface area (TPSA) is 60.4 Å². The fourth-order valence-electron chi connectivity index (χ4n) is 0.581. The molecule has 1 unspecified atom stereocenters. The van der Waals surface area contributed by atoms with Crippen molar-refractivity contribution in [2.75, 3.05) is 12.8 Å². The van der Waals surface area contributed by atoms with E-state index in [0.29, 0.717) is 0 Å². The van der Waals surface area contributed by atoms with E-state index < -0.39 is 8.03 Å². The second kappa shape index (κ2) is 4.99. The third-order valence-electron chi connectivity index (χ3n) is 1.08. The van der Waals surface area contributed by atoms with E-state index in [9.17, 15) is 14.3 Å². The molecule has 62 valence electrons. The van der Waals surface area contributed by atoms with Crippen LogP contribution in [0, 0.1) is 0 Å². The molecule has 0 N–H and O–H groups in total. The minimum atomic E-state index is -2.53. The fraction of sp³-hybridized carbons (Fsp3) is 0.500. The standard InChI is InChI=1S/C6H10NO3P/c1-3-4-7(6(2)8)5-11(9)10/h3H,1,4-5H2,2H3. The summed E-state index contributed by atoms with van der Waals surface area (Å²) in [5.41, 5.74) is 0. The number of nitrogens with zero attached hydrogens (tertiary/aromatic N) is 1. The van der Waals surface area contributed by atoms with Crippen molar-refractivity contribution in [2.24, 2.45) is 0 Å². The van der Waals surface area contributed by atoms with Gasteiger partial charge in [0.2, 0.25) is 12.2 Å². The molecule has 11 heavy (non-hydrogen) atoms. The van der Waals surface area contributed by atoms with Crippen molar-refractivity contribution < 1.29 is 14.3 Å². The van der Waals surface area contributed by atoms with Gasteiger partial charge in [-0.2, -0.15) is 0 Å². The zero-order valence-corrected chi connectivity index (χ0v) is 7.21. The Morgan fingerprint density at radius 3 is 2.64 bits per heavy atom. The first-order valence-corrected chi connectivity index (χ1v) is 4.42. The van der Waals surface area contributed by atoms with E-state index in [0.717, 1.165) is 0 Å². The average molecular weight is 175 g/mol. The maximum atomic E-state index is 10.7. The van der Waals surface area contributed by atoms with Crippen molar-refractivity contribution in [3.8, 4) is 0 Å². The molecule has 0 spiro atoms. The minimum absolute atomic E-state index is 0.226. The van der Waals surface area contributed by atoms with Gasteiger partial charge in [-0.3, -0.25) is 9.69 Å². The number of hydrogen-bond donors (Lipinski definition) is 0. The van der Waals surface area contributed by atoms with Crippen LogP contribution in [0.5, 0.6) is 0 Å².